The fourth-order valence-electron chi connectivity index (χ4n) is 10.7. The van der Waals surface area contributed by atoms with Crippen LogP contribution in [-0.4, -0.2) is 175 Å². The third-order valence-electron chi connectivity index (χ3n) is 17.0. The fourth-order valence-corrected chi connectivity index (χ4v) is 21.0. The first-order valence-electron chi connectivity index (χ1n) is 39.8. The van der Waals surface area contributed by atoms with E-state index in [4.69, 9.17) is 28.4 Å². The minimum Gasteiger partial charge on any atom is -0.744 e. The van der Waals surface area contributed by atoms with Crippen LogP contribution in [0.2, 0.25) is 0 Å². The predicted molar refractivity (Wildman–Crippen MR) is 542 cm³/mol. The van der Waals surface area contributed by atoms with E-state index in [2.05, 4.69) is 195 Å². The molecule has 0 saturated heterocycles. The van der Waals surface area contributed by atoms with Crippen LogP contribution in [0.1, 0.15) is 71.4 Å². The van der Waals surface area contributed by atoms with Crippen molar-refractivity contribution in [3.8, 4) is 11.5 Å². The van der Waals surface area contributed by atoms with Crippen LogP contribution in [-0.2, 0) is 106 Å². The van der Waals surface area contributed by atoms with Crippen LogP contribution in [0.25, 0.3) is 0 Å². The van der Waals surface area contributed by atoms with Crippen molar-refractivity contribution < 1.29 is 154 Å². The monoisotopic (exact) mass is 2700 g/mol. The summed E-state index contributed by atoms with van der Waals surface area (Å²) in [5.74, 6) is -4.55. The highest BCUT2D eigenvalue weighted by molar-refractivity contribution is 14.1. The van der Waals surface area contributed by atoms with Crippen LogP contribution >= 0.6 is 136 Å². The third-order valence-corrected chi connectivity index (χ3v) is 31.4. The maximum absolute atomic E-state index is 13.3. The standard InChI is InChI=1S/2C24H23O3S.2C14H10F5I3O7S.C10H16N.C7H8O3S/c2*1-19(2)24(25)27-18-17-26-20-13-15-23(16-14-20)28(21-9-5-3-6-10-21)22-11-7-4-8-12-22;2*15-13(16,17)12(14(18,19)30(25,26)27)29-9(23)2-1-3-28-11(24)7-4-6(20)5-8(21)10(7)22;1-11(2,3)9-10-7-5-4-6-8-10;1-6-2-4-7(5-3-6)11(8,9)10/h2*3-16H,1,17-18H2,2H3;2*4-5,12H,1-3H2,(H,25,26,27);4-8H,9H2,1-3H3;2-5H,1H3,(H,8,9,10)/q2*+1;;;+1;/p-3. The zero-order valence-corrected chi connectivity index (χ0v) is 90.5. The minimum absolute atomic E-state index is 0.176. The van der Waals surface area contributed by atoms with Gasteiger partial charge in [0.1, 0.15) is 54.6 Å². The van der Waals surface area contributed by atoms with Gasteiger partial charge < -0.3 is 56.0 Å². The lowest BCUT2D eigenvalue weighted by atomic mass is 10.2. The number of alkyl halides is 10. The van der Waals surface area contributed by atoms with Crippen LogP contribution in [0.4, 0.5) is 43.9 Å². The van der Waals surface area contributed by atoms with Crippen LogP contribution in [0.3, 0.4) is 0 Å². The summed E-state index contributed by atoms with van der Waals surface area (Å²) in [5, 5.41) is -11.8. The molecule has 0 N–H and O–H groups in total. The van der Waals surface area contributed by atoms with Crippen molar-refractivity contribution in [3.05, 3.63) is 317 Å². The Kier molecular flexibility index (Phi) is 49.7. The van der Waals surface area contributed by atoms with E-state index in [1.165, 1.54) is 59.2 Å². The van der Waals surface area contributed by atoms with Gasteiger partial charge in [-0.15, -0.1) is 0 Å². The summed E-state index contributed by atoms with van der Waals surface area (Å²) in [6.45, 7) is 13.4. The molecular formula is C93H87F10I6NO23S5. The largest absolute Gasteiger partial charge is 0.744 e. The average molecular weight is 2700 g/mol. The Morgan fingerprint density at radius 3 is 0.957 bits per heavy atom. The van der Waals surface area contributed by atoms with Crippen molar-refractivity contribution in [2.45, 2.75) is 122 Å². The van der Waals surface area contributed by atoms with Crippen molar-refractivity contribution in [3.63, 3.8) is 0 Å². The molecule has 10 rings (SSSR count). The molecule has 744 valence electrons. The molecule has 2 unspecified atom stereocenters. The molecule has 0 spiro atoms. The summed E-state index contributed by atoms with van der Waals surface area (Å²) < 4.78 is 266. The van der Waals surface area contributed by atoms with Gasteiger partial charge in [0.05, 0.1) is 72.2 Å². The maximum atomic E-state index is 13.3. The topological polar surface area (TPSA) is 348 Å². The lowest BCUT2D eigenvalue weighted by Gasteiger charge is -2.29. The molecule has 0 fully saturated rings. The summed E-state index contributed by atoms with van der Waals surface area (Å²) in [7, 11) is -11.5. The number of rotatable bonds is 35. The number of hydrogen-bond acceptors (Lipinski definition) is 23. The number of halogens is 16. The fraction of sp³-hybridized carbons (Fsp3) is 0.247. The smallest absolute Gasteiger partial charge is 0.432 e. The van der Waals surface area contributed by atoms with E-state index in [9.17, 15) is 112 Å². The Labute approximate surface area is 879 Å². The van der Waals surface area contributed by atoms with Gasteiger partial charge in [0.15, 0.2) is 49.6 Å². The number of hydrogen-bond donors (Lipinski definition) is 0. The van der Waals surface area contributed by atoms with Gasteiger partial charge in [0, 0.05) is 51.0 Å². The molecule has 10 aromatic rings. The van der Waals surface area contributed by atoms with Crippen molar-refractivity contribution >= 4 is 224 Å². The third kappa shape index (κ3) is 41.6. The van der Waals surface area contributed by atoms with E-state index in [1.54, 1.807) is 38.1 Å². The Hall–Kier alpha value is -7.83. The van der Waals surface area contributed by atoms with Gasteiger partial charge in [-0.2, -0.15) is 43.9 Å². The van der Waals surface area contributed by atoms with Gasteiger partial charge in [0.2, 0.25) is 0 Å². The lowest BCUT2D eigenvalue weighted by molar-refractivity contribution is -0.884. The number of ether oxygens (including phenoxy) is 8. The van der Waals surface area contributed by atoms with E-state index in [-0.39, 0.29) is 51.0 Å². The van der Waals surface area contributed by atoms with Gasteiger partial charge in [-0.25, -0.2) is 44.4 Å². The first-order valence-corrected chi connectivity index (χ1v) is 53.0. The van der Waals surface area contributed by atoms with Gasteiger partial charge in [-0.1, -0.05) is 134 Å². The van der Waals surface area contributed by atoms with E-state index in [0.29, 0.717) is 31.5 Å². The van der Waals surface area contributed by atoms with Crippen LogP contribution in [0.15, 0.2) is 307 Å². The minimum atomic E-state index is -6.76. The zero-order chi connectivity index (χ0) is 103. The van der Waals surface area contributed by atoms with Gasteiger partial charge in [-0.05, 0) is 303 Å². The first-order chi connectivity index (χ1) is 64.3. The Morgan fingerprint density at radius 1 is 0.399 bits per heavy atom. The summed E-state index contributed by atoms with van der Waals surface area (Å²) >= 11 is 11.7. The number of carbonyl (C=O) groups is 6. The Bertz CT molecular complexity index is 5680. The molecule has 45 heteroatoms. The summed E-state index contributed by atoms with van der Waals surface area (Å²) in [6.07, 6.45) is -23.6. The molecule has 2 atom stereocenters. The van der Waals surface area contributed by atoms with Crippen molar-refractivity contribution in [1.82, 2.24) is 0 Å². The average Bonchev–Trinajstić information content (AvgIpc) is 0.775. The molecule has 10 aromatic carbocycles. The number of benzene rings is 10. The van der Waals surface area contributed by atoms with Gasteiger partial charge in [-0.3, -0.25) is 9.59 Å². The van der Waals surface area contributed by atoms with Gasteiger partial charge in [0.25, 0.3) is 12.2 Å². The number of aryl methyl sites for hydroxylation is 1. The van der Waals surface area contributed by atoms with Gasteiger partial charge >= 0.3 is 58.7 Å². The Morgan fingerprint density at radius 2 is 0.688 bits per heavy atom. The summed E-state index contributed by atoms with van der Waals surface area (Å²) in [5.41, 5.74) is 3.53. The highest BCUT2D eigenvalue weighted by atomic mass is 127. The second-order valence-corrected chi connectivity index (χ2v) is 44.7. The van der Waals surface area contributed by atoms with E-state index in [0.717, 1.165) is 42.4 Å². The van der Waals surface area contributed by atoms with Crippen LogP contribution in [0, 0.1) is 28.3 Å². The number of esters is 6. The number of carbonyl (C=O) groups excluding carboxylic acids is 6. The highest BCUT2D eigenvalue weighted by Gasteiger charge is 2.64. The molecule has 24 nitrogen and oxygen atoms in total. The normalized spacial score (nSPS) is 12.0. The number of quaternary nitrogens is 1. The molecule has 138 heavy (non-hydrogen) atoms. The molecule has 0 bridgehead atoms. The SMILES string of the molecule is C=C(C)C(=O)OCCOc1ccc([S+](c2ccccc2)c2ccccc2)cc1.C=C(C)C(=O)OCCOc1ccc([S+](c2ccccc2)c2ccccc2)cc1.C[N+](C)(C)Cc1ccccc1.Cc1ccc(S(=O)(=O)[O-])cc1.O=C(CCCOC(=O)c1cc(I)cc(I)c1I)OC(C(F)(F)F)C(F)(F)S(=O)(=O)[O-].O=C(CCCOC(=O)c1cc(I)cc(I)c1I)OC(C(F)(F)F)C(F)(F)S(=O)(=O)[O-]. The molecule has 0 heterocycles. The van der Waals surface area contributed by atoms with Crippen LogP contribution < -0.4 is 9.47 Å². The zero-order valence-electron chi connectivity index (χ0n) is 73.4. The molecule has 0 aliphatic carbocycles. The van der Waals surface area contributed by atoms with Crippen LogP contribution in [0.5, 0.6) is 11.5 Å². The predicted octanol–water partition coefficient (Wildman–Crippen LogP) is 21.5. The molecule has 0 aromatic heterocycles. The highest BCUT2D eigenvalue weighted by Crippen LogP contribution is 2.41. The molecular weight excluding hydrogens is 2610 g/mol. The van der Waals surface area contributed by atoms with Crippen molar-refractivity contribution in [1.29, 1.82) is 0 Å². The summed E-state index contributed by atoms with van der Waals surface area (Å²) in [6, 6.07) is 81.2. The number of nitrogens with zero attached hydrogens (tertiary/aromatic N) is 1. The van der Waals surface area contributed by atoms with E-state index < -0.39 is 140 Å². The summed E-state index contributed by atoms with van der Waals surface area (Å²) in [4.78, 5) is 77.1. The molecule has 0 aliphatic heterocycles. The van der Waals surface area contributed by atoms with Crippen molar-refractivity contribution in [2.24, 2.45) is 0 Å². The molecule has 0 aliphatic rings. The quantitative estimate of drug-likeness (QED) is 0.00340. The molecule has 0 amide bonds. The second-order valence-electron chi connectivity index (χ2n) is 29.4. The van der Waals surface area contributed by atoms with E-state index in [1.807, 2.05) is 191 Å². The molecule has 0 radical (unpaired) electrons. The van der Waals surface area contributed by atoms with E-state index >= 15 is 0 Å². The Balaban J connectivity index is 0.000000302. The second kappa shape index (κ2) is 56.9. The lowest BCUT2D eigenvalue weighted by Crippen LogP contribution is -2.52. The first kappa shape index (κ1) is 121. The molecule has 0 saturated carbocycles. The van der Waals surface area contributed by atoms with Crippen molar-refractivity contribution in [2.75, 3.05) is 60.8 Å². The maximum Gasteiger partial charge on any atom is 0.432 e.